The molecule has 0 spiro atoms. The molecular formula is C22H22FN3. The van der Waals surface area contributed by atoms with Gasteiger partial charge in [-0.1, -0.05) is 24.3 Å². The van der Waals surface area contributed by atoms with Crippen LogP contribution in [-0.2, 0) is 13.0 Å². The molecule has 3 nitrogen and oxygen atoms in total. The molecule has 3 aromatic rings. The molecule has 1 aliphatic rings. The number of hydrogen-bond acceptors (Lipinski definition) is 3. The van der Waals surface area contributed by atoms with Crippen LogP contribution in [0.2, 0.25) is 0 Å². The third kappa shape index (κ3) is 3.97. The Morgan fingerprint density at radius 3 is 2.62 bits per heavy atom. The van der Waals surface area contributed by atoms with Crippen molar-refractivity contribution >= 4 is 0 Å². The van der Waals surface area contributed by atoms with Crippen LogP contribution >= 0.6 is 0 Å². The molecule has 0 saturated carbocycles. The van der Waals surface area contributed by atoms with E-state index in [1.54, 1.807) is 0 Å². The fraction of sp³-hybridized carbons (Fsp3) is 0.273. The quantitative estimate of drug-likeness (QED) is 0.678. The second kappa shape index (κ2) is 7.75. The van der Waals surface area contributed by atoms with Crippen molar-refractivity contribution in [3.05, 3.63) is 95.3 Å². The lowest BCUT2D eigenvalue weighted by molar-refractivity contribution is 0.241. The zero-order valence-corrected chi connectivity index (χ0v) is 14.7. The van der Waals surface area contributed by atoms with Gasteiger partial charge in [-0.25, -0.2) is 4.39 Å². The first kappa shape index (κ1) is 16.9. The van der Waals surface area contributed by atoms with E-state index < -0.39 is 0 Å². The van der Waals surface area contributed by atoms with E-state index in [4.69, 9.17) is 4.98 Å². The number of benzene rings is 1. The van der Waals surface area contributed by atoms with Crippen molar-refractivity contribution in [1.82, 2.24) is 14.9 Å². The number of nitrogens with zero attached hydrogens (tertiary/aromatic N) is 3. The Labute approximate surface area is 153 Å². The Bertz CT molecular complexity index is 849. The lowest BCUT2D eigenvalue weighted by Gasteiger charge is -2.24. The highest BCUT2D eigenvalue weighted by Gasteiger charge is 2.27. The largest absolute Gasteiger partial charge is 0.289 e. The fourth-order valence-corrected chi connectivity index (χ4v) is 3.64. The van der Waals surface area contributed by atoms with Gasteiger partial charge in [-0.05, 0) is 61.3 Å². The van der Waals surface area contributed by atoms with Crippen LogP contribution in [0.5, 0.6) is 0 Å². The molecule has 2 aromatic heterocycles. The molecule has 1 atom stereocenters. The van der Waals surface area contributed by atoms with Gasteiger partial charge >= 0.3 is 0 Å². The third-order valence-corrected chi connectivity index (χ3v) is 4.92. The van der Waals surface area contributed by atoms with Crippen LogP contribution < -0.4 is 0 Å². The molecule has 1 fully saturated rings. The molecule has 1 aliphatic heterocycles. The van der Waals surface area contributed by atoms with E-state index in [-0.39, 0.29) is 5.82 Å². The number of rotatable bonds is 5. The van der Waals surface area contributed by atoms with Crippen LogP contribution in [0.3, 0.4) is 0 Å². The molecule has 3 heterocycles. The van der Waals surface area contributed by atoms with Gasteiger partial charge < -0.3 is 0 Å². The summed E-state index contributed by atoms with van der Waals surface area (Å²) in [6.07, 6.45) is 4.88. The molecule has 132 valence electrons. The second-order valence-electron chi connectivity index (χ2n) is 6.81. The molecule has 1 saturated heterocycles. The maximum Gasteiger partial charge on any atom is 0.123 e. The minimum atomic E-state index is -0.202. The number of hydrogen-bond donors (Lipinski definition) is 0. The highest BCUT2D eigenvalue weighted by molar-refractivity contribution is 5.24. The molecule has 0 bridgehead atoms. The van der Waals surface area contributed by atoms with Crippen molar-refractivity contribution in [1.29, 1.82) is 0 Å². The van der Waals surface area contributed by atoms with Gasteiger partial charge in [-0.2, -0.15) is 0 Å². The van der Waals surface area contributed by atoms with Crippen molar-refractivity contribution < 1.29 is 4.39 Å². The number of halogens is 1. The summed E-state index contributed by atoms with van der Waals surface area (Å²) >= 11 is 0. The molecule has 0 aliphatic carbocycles. The SMILES string of the molecule is Fc1ccc(Cc2cccc(C3CCCN3Cc3ccccn3)n2)cc1. The normalized spacial score (nSPS) is 17.5. The first-order chi connectivity index (χ1) is 12.8. The van der Waals surface area contributed by atoms with Crippen LogP contribution in [-0.4, -0.2) is 21.4 Å². The highest BCUT2D eigenvalue weighted by atomic mass is 19.1. The first-order valence-electron chi connectivity index (χ1n) is 9.12. The van der Waals surface area contributed by atoms with E-state index in [1.807, 2.05) is 36.5 Å². The van der Waals surface area contributed by atoms with E-state index in [1.165, 1.54) is 18.6 Å². The lowest BCUT2D eigenvalue weighted by atomic mass is 10.1. The van der Waals surface area contributed by atoms with E-state index in [0.29, 0.717) is 6.04 Å². The van der Waals surface area contributed by atoms with Gasteiger partial charge in [0.05, 0.1) is 17.4 Å². The summed E-state index contributed by atoms with van der Waals surface area (Å²) in [6.45, 7) is 1.93. The topological polar surface area (TPSA) is 29.0 Å². The molecule has 4 rings (SSSR count). The maximum absolute atomic E-state index is 13.1. The zero-order valence-electron chi connectivity index (χ0n) is 14.7. The molecule has 1 aromatic carbocycles. The van der Waals surface area contributed by atoms with Crippen molar-refractivity contribution in [2.24, 2.45) is 0 Å². The zero-order chi connectivity index (χ0) is 17.8. The van der Waals surface area contributed by atoms with Gasteiger partial charge in [-0.15, -0.1) is 0 Å². The molecular weight excluding hydrogens is 325 g/mol. The summed E-state index contributed by atoms with van der Waals surface area (Å²) < 4.78 is 13.1. The standard InChI is InChI=1S/C22H22FN3/c23-18-11-9-17(10-12-18)15-19-6-3-7-21(25-19)22-8-4-14-26(22)16-20-5-1-2-13-24-20/h1-3,5-7,9-13,22H,4,8,14-16H2. The molecule has 0 N–H and O–H groups in total. The molecule has 0 amide bonds. The van der Waals surface area contributed by atoms with Crippen LogP contribution in [0.25, 0.3) is 0 Å². The predicted octanol–water partition coefficient (Wildman–Crippen LogP) is 4.54. The summed E-state index contributed by atoms with van der Waals surface area (Å²) in [5, 5.41) is 0. The summed E-state index contributed by atoms with van der Waals surface area (Å²) in [5.41, 5.74) is 4.33. The Morgan fingerprint density at radius 2 is 1.81 bits per heavy atom. The molecule has 0 radical (unpaired) electrons. The lowest BCUT2D eigenvalue weighted by Crippen LogP contribution is -2.24. The van der Waals surface area contributed by atoms with E-state index in [2.05, 4.69) is 28.1 Å². The summed E-state index contributed by atoms with van der Waals surface area (Å²) in [4.78, 5) is 11.8. The van der Waals surface area contributed by atoms with Crippen LogP contribution in [0.4, 0.5) is 4.39 Å². The van der Waals surface area contributed by atoms with E-state index in [0.717, 1.165) is 48.6 Å². The molecule has 1 unspecified atom stereocenters. The van der Waals surface area contributed by atoms with Crippen molar-refractivity contribution in [3.8, 4) is 0 Å². The highest BCUT2D eigenvalue weighted by Crippen LogP contribution is 2.32. The van der Waals surface area contributed by atoms with Crippen LogP contribution in [0.15, 0.2) is 66.9 Å². The van der Waals surface area contributed by atoms with Crippen molar-refractivity contribution in [3.63, 3.8) is 0 Å². The Balaban J connectivity index is 1.50. The summed E-state index contributed by atoms with van der Waals surface area (Å²) in [7, 11) is 0. The Hall–Kier alpha value is -2.59. The Kier molecular flexibility index (Phi) is 5.02. The predicted molar refractivity (Wildman–Crippen MR) is 100 cm³/mol. The summed E-state index contributed by atoms with van der Waals surface area (Å²) in [6, 6.07) is 19.3. The van der Waals surface area contributed by atoms with Gasteiger partial charge in [0, 0.05) is 24.9 Å². The summed E-state index contributed by atoms with van der Waals surface area (Å²) in [5.74, 6) is -0.202. The smallest absolute Gasteiger partial charge is 0.123 e. The number of aromatic nitrogens is 2. The fourth-order valence-electron chi connectivity index (χ4n) is 3.64. The van der Waals surface area contributed by atoms with Gasteiger partial charge in [-0.3, -0.25) is 14.9 Å². The second-order valence-corrected chi connectivity index (χ2v) is 6.81. The minimum Gasteiger partial charge on any atom is -0.289 e. The number of pyridine rings is 2. The van der Waals surface area contributed by atoms with Crippen LogP contribution in [0.1, 0.15) is 41.5 Å². The average molecular weight is 347 g/mol. The van der Waals surface area contributed by atoms with Gasteiger partial charge in [0.25, 0.3) is 0 Å². The van der Waals surface area contributed by atoms with Crippen molar-refractivity contribution in [2.75, 3.05) is 6.54 Å². The Morgan fingerprint density at radius 1 is 0.962 bits per heavy atom. The van der Waals surface area contributed by atoms with Gasteiger partial charge in [0.2, 0.25) is 0 Å². The first-order valence-corrected chi connectivity index (χ1v) is 9.12. The molecule has 26 heavy (non-hydrogen) atoms. The average Bonchev–Trinajstić information content (AvgIpc) is 3.13. The minimum absolute atomic E-state index is 0.202. The van der Waals surface area contributed by atoms with E-state index in [9.17, 15) is 4.39 Å². The number of likely N-dealkylation sites (tertiary alicyclic amines) is 1. The monoisotopic (exact) mass is 347 g/mol. The third-order valence-electron chi connectivity index (χ3n) is 4.92. The van der Waals surface area contributed by atoms with Crippen molar-refractivity contribution in [2.45, 2.75) is 31.8 Å². The van der Waals surface area contributed by atoms with Gasteiger partial charge in [0.15, 0.2) is 0 Å². The van der Waals surface area contributed by atoms with E-state index >= 15 is 0 Å². The van der Waals surface area contributed by atoms with Crippen LogP contribution in [0, 0.1) is 5.82 Å². The molecule has 4 heteroatoms. The maximum atomic E-state index is 13.1. The van der Waals surface area contributed by atoms with Gasteiger partial charge in [0.1, 0.15) is 5.82 Å².